The molecule has 0 spiro atoms. The smallest absolute Gasteiger partial charge is 0.154 e. The van der Waals surface area contributed by atoms with E-state index in [0.717, 1.165) is 26.5 Å². The van der Waals surface area contributed by atoms with Gasteiger partial charge in [-0.2, -0.15) is 5.10 Å². The van der Waals surface area contributed by atoms with Crippen LogP contribution in [0.5, 0.6) is 0 Å². The van der Waals surface area contributed by atoms with Crippen LogP contribution in [0.3, 0.4) is 0 Å². The van der Waals surface area contributed by atoms with E-state index in [1.165, 1.54) is 0 Å². The summed E-state index contributed by atoms with van der Waals surface area (Å²) in [6.07, 6.45) is 1.83. The van der Waals surface area contributed by atoms with Gasteiger partial charge in [-0.05, 0) is 40.2 Å². The highest BCUT2D eigenvalue weighted by Gasteiger charge is 2.03. The van der Waals surface area contributed by atoms with Gasteiger partial charge in [-0.15, -0.1) is 0 Å². The van der Waals surface area contributed by atoms with Gasteiger partial charge in [0.1, 0.15) is 4.60 Å². The molecule has 0 fully saturated rings. The molecule has 0 saturated carbocycles. The van der Waals surface area contributed by atoms with Gasteiger partial charge in [0.2, 0.25) is 0 Å². The number of fused-ring (bicyclic) bond motifs is 1. The van der Waals surface area contributed by atoms with E-state index in [1.54, 1.807) is 4.52 Å². The Morgan fingerprint density at radius 2 is 1.82 bits per heavy atom. The first-order chi connectivity index (χ1) is 8.22. The second-order valence-corrected chi connectivity index (χ2v) is 4.84. The number of rotatable bonds is 1. The van der Waals surface area contributed by atoms with Gasteiger partial charge in [-0.3, -0.25) is 0 Å². The Kier molecular flexibility index (Phi) is 2.61. The molecular formula is C12H7BrClN3. The molecule has 0 aliphatic rings. The van der Waals surface area contributed by atoms with Crippen molar-refractivity contribution < 1.29 is 0 Å². The fourth-order valence-corrected chi connectivity index (χ4v) is 2.13. The van der Waals surface area contributed by atoms with Gasteiger partial charge in [0, 0.05) is 10.6 Å². The normalized spacial score (nSPS) is 10.9. The number of nitrogens with zero attached hydrogens (tertiary/aromatic N) is 3. The zero-order valence-electron chi connectivity index (χ0n) is 8.64. The van der Waals surface area contributed by atoms with Crippen molar-refractivity contribution in [2.45, 2.75) is 0 Å². The molecule has 2 heterocycles. The van der Waals surface area contributed by atoms with Crippen LogP contribution in [-0.4, -0.2) is 14.6 Å². The highest BCUT2D eigenvalue weighted by atomic mass is 79.9. The minimum atomic E-state index is 0.722. The molecule has 3 nitrogen and oxygen atoms in total. The van der Waals surface area contributed by atoms with Crippen LogP contribution in [0.15, 0.2) is 47.2 Å². The summed E-state index contributed by atoms with van der Waals surface area (Å²) in [4.78, 5) is 4.26. The zero-order chi connectivity index (χ0) is 11.8. The molecule has 0 aliphatic heterocycles. The summed E-state index contributed by atoms with van der Waals surface area (Å²) in [7, 11) is 0. The molecule has 0 aliphatic carbocycles. The fourth-order valence-electron chi connectivity index (χ4n) is 1.63. The molecule has 0 bridgehead atoms. The van der Waals surface area contributed by atoms with E-state index in [9.17, 15) is 0 Å². The molecule has 0 atom stereocenters. The molecular weight excluding hydrogens is 302 g/mol. The Labute approximate surface area is 111 Å². The van der Waals surface area contributed by atoms with E-state index in [0.29, 0.717) is 0 Å². The lowest BCUT2D eigenvalue weighted by atomic mass is 10.1. The van der Waals surface area contributed by atoms with Crippen molar-refractivity contribution in [2.24, 2.45) is 0 Å². The van der Waals surface area contributed by atoms with E-state index in [2.05, 4.69) is 26.0 Å². The molecule has 0 N–H and O–H groups in total. The van der Waals surface area contributed by atoms with Gasteiger partial charge in [0.05, 0.1) is 11.9 Å². The van der Waals surface area contributed by atoms with E-state index in [1.807, 2.05) is 42.6 Å². The quantitative estimate of drug-likeness (QED) is 0.684. The standard InChI is InChI=1S/C12H7BrClN3/c13-11-7-17-12(15-11)6-5-10(16-17)8-1-3-9(14)4-2-8/h1-7H. The minimum Gasteiger partial charge on any atom is -0.220 e. The van der Waals surface area contributed by atoms with Crippen molar-refractivity contribution in [3.05, 3.63) is 52.2 Å². The van der Waals surface area contributed by atoms with Gasteiger partial charge >= 0.3 is 0 Å². The summed E-state index contributed by atoms with van der Waals surface area (Å²) < 4.78 is 2.52. The molecule has 5 heteroatoms. The minimum absolute atomic E-state index is 0.722. The second-order valence-electron chi connectivity index (χ2n) is 3.59. The summed E-state index contributed by atoms with van der Waals surface area (Å²) in [6, 6.07) is 11.5. The fraction of sp³-hybridized carbons (Fsp3) is 0. The number of benzene rings is 1. The lowest BCUT2D eigenvalue weighted by Crippen LogP contribution is -1.92. The monoisotopic (exact) mass is 307 g/mol. The molecule has 3 aromatic rings. The van der Waals surface area contributed by atoms with E-state index in [4.69, 9.17) is 11.6 Å². The average Bonchev–Trinajstić information content (AvgIpc) is 2.69. The highest BCUT2D eigenvalue weighted by Crippen LogP contribution is 2.20. The first-order valence-corrected chi connectivity index (χ1v) is 6.17. The van der Waals surface area contributed by atoms with E-state index in [-0.39, 0.29) is 0 Å². The van der Waals surface area contributed by atoms with Crippen molar-refractivity contribution in [1.82, 2.24) is 14.6 Å². The van der Waals surface area contributed by atoms with Crippen molar-refractivity contribution in [1.29, 1.82) is 0 Å². The molecule has 3 rings (SSSR count). The summed E-state index contributed by atoms with van der Waals surface area (Å²) in [5, 5.41) is 5.20. The van der Waals surface area contributed by atoms with Crippen LogP contribution >= 0.6 is 27.5 Å². The number of hydrogen-bond donors (Lipinski definition) is 0. The third-order valence-corrected chi connectivity index (χ3v) is 3.06. The molecule has 1 aromatic carbocycles. The maximum absolute atomic E-state index is 5.86. The Morgan fingerprint density at radius 3 is 2.59 bits per heavy atom. The number of hydrogen-bond acceptors (Lipinski definition) is 2. The summed E-state index contributed by atoms with van der Waals surface area (Å²) in [5.74, 6) is 0. The zero-order valence-corrected chi connectivity index (χ0v) is 11.0. The molecule has 0 unspecified atom stereocenters. The number of halogens is 2. The average molecular weight is 309 g/mol. The number of aromatic nitrogens is 3. The number of imidazole rings is 1. The Hall–Kier alpha value is -1.39. The van der Waals surface area contributed by atoms with Crippen LogP contribution in [0.4, 0.5) is 0 Å². The molecule has 2 aromatic heterocycles. The van der Waals surface area contributed by atoms with Crippen LogP contribution in [0.1, 0.15) is 0 Å². The van der Waals surface area contributed by atoms with E-state index < -0.39 is 0 Å². The molecule has 0 radical (unpaired) electrons. The largest absolute Gasteiger partial charge is 0.220 e. The van der Waals surface area contributed by atoms with Crippen LogP contribution in [0.2, 0.25) is 5.02 Å². The van der Waals surface area contributed by atoms with Crippen molar-refractivity contribution in [3.63, 3.8) is 0 Å². The maximum Gasteiger partial charge on any atom is 0.154 e. The van der Waals surface area contributed by atoms with Gasteiger partial charge in [-0.1, -0.05) is 23.7 Å². The SMILES string of the molecule is Clc1ccc(-c2ccc3nc(Br)cn3n2)cc1. The summed E-state index contributed by atoms with van der Waals surface area (Å²) in [5.41, 5.74) is 2.73. The van der Waals surface area contributed by atoms with Gasteiger partial charge in [-0.25, -0.2) is 9.50 Å². The third kappa shape index (κ3) is 2.06. The van der Waals surface area contributed by atoms with Crippen molar-refractivity contribution in [3.8, 4) is 11.3 Å². The van der Waals surface area contributed by atoms with Gasteiger partial charge in [0.15, 0.2) is 5.65 Å². The molecule has 0 amide bonds. The highest BCUT2D eigenvalue weighted by molar-refractivity contribution is 9.10. The van der Waals surface area contributed by atoms with Gasteiger partial charge in [0.25, 0.3) is 0 Å². The van der Waals surface area contributed by atoms with Crippen molar-refractivity contribution in [2.75, 3.05) is 0 Å². The summed E-state index contributed by atoms with van der Waals surface area (Å²) >= 11 is 9.18. The predicted molar refractivity (Wildman–Crippen MR) is 71.1 cm³/mol. The Bertz CT molecular complexity index is 676. The van der Waals surface area contributed by atoms with Crippen LogP contribution < -0.4 is 0 Å². The van der Waals surface area contributed by atoms with Gasteiger partial charge < -0.3 is 0 Å². The predicted octanol–water partition coefficient (Wildman–Crippen LogP) is 3.81. The first-order valence-electron chi connectivity index (χ1n) is 5.00. The van der Waals surface area contributed by atoms with Crippen LogP contribution in [0, 0.1) is 0 Å². The second kappa shape index (κ2) is 4.13. The topological polar surface area (TPSA) is 30.2 Å². The summed E-state index contributed by atoms with van der Waals surface area (Å²) in [6.45, 7) is 0. The Morgan fingerprint density at radius 1 is 1.06 bits per heavy atom. The van der Waals surface area contributed by atoms with Crippen molar-refractivity contribution >= 4 is 33.2 Å². The molecule has 17 heavy (non-hydrogen) atoms. The first kappa shape index (κ1) is 10.7. The van der Waals surface area contributed by atoms with Crippen LogP contribution in [0.25, 0.3) is 16.9 Å². The van der Waals surface area contributed by atoms with E-state index >= 15 is 0 Å². The van der Waals surface area contributed by atoms with Crippen LogP contribution in [-0.2, 0) is 0 Å². The lowest BCUT2D eigenvalue weighted by Gasteiger charge is -2.01. The third-order valence-electron chi connectivity index (χ3n) is 2.43. The Balaban J connectivity index is 2.13. The lowest BCUT2D eigenvalue weighted by molar-refractivity contribution is 0.942. The molecule has 84 valence electrons. The maximum atomic E-state index is 5.86. The molecule has 0 saturated heterocycles.